The van der Waals surface area contributed by atoms with E-state index < -0.39 is 5.60 Å². The molecule has 2 nitrogen and oxygen atoms in total. The van der Waals surface area contributed by atoms with Gasteiger partial charge in [0, 0.05) is 5.41 Å². The van der Waals surface area contributed by atoms with Crippen LogP contribution >= 0.6 is 0 Å². The van der Waals surface area contributed by atoms with Crippen molar-refractivity contribution in [3.8, 4) is 0 Å². The Morgan fingerprint density at radius 2 is 1.86 bits per heavy atom. The molecule has 0 aromatic heterocycles. The Morgan fingerprint density at radius 3 is 2.50 bits per heavy atom. The van der Waals surface area contributed by atoms with Gasteiger partial charge < -0.3 is 10.2 Å². The first-order valence-electron chi connectivity index (χ1n) is 8.94. The maximum Gasteiger partial charge on any atom is 0.0762 e. The zero-order valence-corrected chi connectivity index (χ0v) is 14.8. The number of rotatable bonds is 3. The van der Waals surface area contributed by atoms with Crippen molar-refractivity contribution in [2.24, 2.45) is 29.1 Å². The van der Waals surface area contributed by atoms with Crippen LogP contribution < -0.4 is 0 Å². The van der Waals surface area contributed by atoms with E-state index in [1.807, 2.05) is 0 Å². The molecule has 0 aromatic carbocycles. The van der Waals surface area contributed by atoms with Gasteiger partial charge in [0.25, 0.3) is 0 Å². The van der Waals surface area contributed by atoms with E-state index in [0.717, 1.165) is 25.7 Å². The molecule has 2 N–H and O–H groups in total. The van der Waals surface area contributed by atoms with Crippen LogP contribution in [0.25, 0.3) is 0 Å². The van der Waals surface area contributed by atoms with E-state index in [0.29, 0.717) is 23.7 Å². The Bertz CT molecular complexity index is 516. The molecule has 3 fully saturated rings. The van der Waals surface area contributed by atoms with E-state index >= 15 is 0 Å². The monoisotopic (exact) mass is 304 g/mol. The van der Waals surface area contributed by atoms with Crippen LogP contribution in [0.2, 0.25) is 0 Å². The second-order valence-corrected chi connectivity index (χ2v) is 8.60. The van der Waals surface area contributed by atoms with Crippen LogP contribution in [0.5, 0.6) is 0 Å². The number of aliphatic hydroxyl groups is 2. The average Bonchev–Trinajstić information content (AvgIpc) is 2.83. The smallest absolute Gasteiger partial charge is 0.0762 e. The molecular formula is C20H32O2. The van der Waals surface area contributed by atoms with Crippen LogP contribution in [0, 0.1) is 29.1 Å². The van der Waals surface area contributed by atoms with E-state index in [9.17, 15) is 10.2 Å². The fourth-order valence-electron chi connectivity index (χ4n) is 6.02. The maximum absolute atomic E-state index is 11.2. The molecule has 0 unspecified atom stereocenters. The lowest BCUT2D eigenvalue weighted by Crippen LogP contribution is -2.70. The molecule has 2 heteroatoms. The highest BCUT2D eigenvalue weighted by Crippen LogP contribution is 2.75. The van der Waals surface area contributed by atoms with Gasteiger partial charge in [-0.1, -0.05) is 37.1 Å². The third-order valence-corrected chi connectivity index (χ3v) is 7.31. The molecule has 0 bridgehead atoms. The Kier molecular flexibility index (Phi) is 3.85. The van der Waals surface area contributed by atoms with Crippen LogP contribution in [0.3, 0.4) is 0 Å². The standard InChI is InChI=1S/C20H32O2/c1-12(2)7-6-8-13(3)15-11-16(21)19(5)18(15)17-14(4)9-10-20(17,19)22/h7-8,14-18,21-22H,6,9-11H2,1-5H3/b13-8-/t14-,15+,16+,17+,18+,19+,20-/m1/s1. The molecule has 0 radical (unpaired) electrons. The molecule has 124 valence electrons. The zero-order chi connectivity index (χ0) is 16.3. The molecule has 3 saturated carbocycles. The summed E-state index contributed by atoms with van der Waals surface area (Å²) in [4.78, 5) is 0. The minimum Gasteiger partial charge on any atom is -0.392 e. The quantitative estimate of drug-likeness (QED) is 0.771. The molecular weight excluding hydrogens is 272 g/mol. The predicted octanol–water partition coefficient (Wildman–Crippen LogP) is 4.08. The van der Waals surface area contributed by atoms with Crippen molar-refractivity contribution in [1.82, 2.24) is 0 Å². The van der Waals surface area contributed by atoms with E-state index in [1.165, 1.54) is 11.1 Å². The van der Waals surface area contributed by atoms with Crippen molar-refractivity contribution in [2.75, 3.05) is 0 Å². The van der Waals surface area contributed by atoms with Gasteiger partial charge >= 0.3 is 0 Å². The van der Waals surface area contributed by atoms with Crippen LogP contribution in [-0.4, -0.2) is 21.9 Å². The molecule has 22 heavy (non-hydrogen) atoms. The first kappa shape index (κ1) is 16.3. The summed E-state index contributed by atoms with van der Waals surface area (Å²) in [6.07, 6.45) is 8.00. The first-order valence-corrected chi connectivity index (χ1v) is 8.94. The van der Waals surface area contributed by atoms with Gasteiger partial charge in [-0.05, 0) is 70.1 Å². The molecule has 0 aliphatic heterocycles. The topological polar surface area (TPSA) is 40.5 Å². The van der Waals surface area contributed by atoms with Gasteiger partial charge in [0.05, 0.1) is 11.7 Å². The van der Waals surface area contributed by atoms with Gasteiger partial charge in [0.2, 0.25) is 0 Å². The highest BCUT2D eigenvalue weighted by molar-refractivity contribution is 5.30. The minimum absolute atomic E-state index is 0.293. The highest BCUT2D eigenvalue weighted by Gasteiger charge is 2.78. The molecule has 7 atom stereocenters. The van der Waals surface area contributed by atoms with Gasteiger partial charge in [-0.25, -0.2) is 0 Å². The lowest BCUT2D eigenvalue weighted by atomic mass is 9.43. The van der Waals surface area contributed by atoms with Crippen molar-refractivity contribution in [1.29, 1.82) is 0 Å². The summed E-state index contributed by atoms with van der Waals surface area (Å²) >= 11 is 0. The third-order valence-electron chi connectivity index (χ3n) is 7.31. The fraction of sp³-hybridized carbons (Fsp3) is 0.800. The molecule has 3 aliphatic rings. The van der Waals surface area contributed by atoms with Gasteiger partial charge in [-0.15, -0.1) is 0 Å². The largest absolute Gasteiger partial charge is 0.392 e. The summed E-state index contributed by atoms with van der Waals surface area (Å²) in [7, 11) is 0. The summed E-state index contributed by atoms with van der Waals surface area (Å²) in [5, 5.41) is 21.9. The van der Waals surface area contributed by atoms with Crippen molar-refractivity contribution >= 4 is 0 Å². The second kappa shape index (κ2) is 5.21. The molecule has 3 aliphatic carbocycles. The number of fused-ring (bicyclic) bond motifs is 4. The van der Waals surface area contributed by atoms with E-state index in [4.69, 9.17) is 0 Å². The van der Waals surface area contributed by atoms with Gasteiger partial charge in [-0.3, -0.25) is 0 Å². The van der Waals surface area contributed by atoms with Crippen LogP contribution in [0.4, 0.5) is 0 Å². The first-order chi connectivity index (χ1) is 10.2. The van der Waals surface area contributed by atoms with Crippen LogP contribution in [-0.2, 0) is 0 Å². The number of aliphatic hydroxyl groups excluding tert-OH is 1. The average molecular weight is 304 g/mol. The van der Waals surface area contributed by atoms with Crippen LogP contribution in [0.15, 0.2) is 23.3 Å². The summed E-state index contributed by atoms with van der Waals surface area (Å²) in [5.41, 5.74) is 1.85. The van der Waals surface area contributed by atoms with E-state index in [2.05, 4.69) is 46.8 Å². The SMILES string of the molecule is CC(C)=CC/C=C(/C)[C@@H]1C[C@H](O)[C@@]2(C)[C@@H]1[C@@H]1[C@H](C)CC[C@@]12O. The predicted molar refractivity (Wildman–Crippen MR) is 90.4 cm³/mol. The summed E-state index contributed by atoms with van der Waals surface area (Å²) in [6.45, 7) is 10.9. The summed E-state index contributed by atoms with van der Waals surface area (Å²) in [5.74, 6) is 1.86. The fourth-order valence-corrected chi connectivity index (χ4v) is 6.02. The molecule has 0 saturated heterocycles. The summed E-state index contributed by atoms with van der Waals surface area (Å²) in [6, 6.07) is 0. The molecule has 3 rings (SSSR count). The van der Waals surface area contributed by atoms with Crippen molar-refractivity contribution in [3.63, 3.8) is 0 Å². The molecule has 0 heterocycles. The molecule has 0 aromatic rings. The lowest BCUT2D eigenvalue weighted by Gasteiger charge is -2.64. The zero-order valence-electron chi connectivity index (χ0n) is 14.8. The second-order valence-electron chi connectivity index (χ2n) is 8.60. The van der Waals surface area contributed by atoms with E-state index in [1.54, 1.807) is 0 Å². The van der Waals surface area contributed by atoms with Gasteiger partial charge in [0.1, 0.15) is 0 Å². The maximum atomic E-state index is 11.2. The van der Waals surface area contributed by atoms with Crippen molar-refractivity contribution in [2.45, 2.75) is 72.0 Å². The lowest BCUT2D eigenvalue weighted by molar-refractivity contribution is -0.266. The Balaban J connectivity index is 1.86. The Hall–Kier alpha value is -0.600. The number of hydrogen-bond donors (Lipinski definition) is 2. The minimum atomic E-state index is -0.620. The van der Waals surface area contributed by atoms with Gasteiger partial charge in [-0.2, -0.15) is 0 Å². The molecule has 0 amide bonds. The van der Waals surface area contributed by atoms with Gasteiger partial charge in [0.15, 0.2) is 0 Å². The normalized spacial score (nSPS) is 50.3. The van der Waals surface area contributed by atoms with E-state index in [-0.39, 0.29) is 11.5 Å². The summed E-state index contributed by atoms with van der Waals surface area (Å²) < 4.78 is 0. The van der Waals surface area contributed by atoms with Crippen molar-refractivity contribution in [3.05, 3.63) is 23.3 Å². The number of allylic oxidation sites excluding steroid dienone is 4. The Labute approximate surface area is 135 Å². The highest BCUT2D eigenvalue weighted by atomic mass is 16.3. The third kappa shape index (κ3) is 1.93. The van der Waals surface area contributed by atoms with Crippen molar-refractivity contribution < 1.29 is 10.2 Å². The molecule has 0 spiro atoms. The Morgan fingerprint density at radius 1 is 1.18 bits per heavy atom. The van der Waals surface area contributed by atoms with Crippen LogP contribution in [0.1, 0.15) is 60.3 Å². The number of hydrogen-bond acceptors (Lipinski definition) is 2.